The molecule has 1 aromatic carbocycles. The number of piperidine rings is 1. The average Bonchev–Trinajstić information content (AvgIpc) is 3.04. The Morgan fingerprint density at radius 1 is 1.24 bits per heavy atom. The van der Waals surface area contributed by atoms with Gasteiger partial charge in [0.15, 0.2) is 0 Å². The van der Waals surface area contributed by atoms with Crippen LogP contribution in [0.1, 0.15) is 26.2 Å². The van der Waals surface area contributed by atoms with Gasteiger partial charge in [0.1, 0.15) is 11.5 Å². The molecule has 1 fully saturated rings. The minimum absolute atomic E-state index is 0.248. The van der Waals surface area contributed by atoms with E-state index >= 15 is 0 Å². The first-order valence-electron chi connectivity index (χ1n) is 7.49. The highest BCUT2D eigenvalue weighted by molar-refractivity contribution is 5.56. The predicted octanol–water partition coefficient (Wildman–Crippen LogP) is 3.35. The SMILES string of the molecule is CCC1CCN(C)CC1.Fc1ccc(-c2cn[nH]n2)cc1. The van der Waals surface area contributed by atoms with Gasteiger partial charge in [-0.3, -0.25) is 0 Å². The van der Waals surface area contributed by atoms with Gasteiger partial charge >= 0.3 is 0 Å². The van der Waals surface area contributed by atoms with Gasteiger partial charge in [-0.05, 0) is 63.2 Å². The Balaban J connectivity index is 0.000000161. The number of aromatic amines is 1. The number of halogens is 1. The summed E-state index contributed by atoms with van der Waals surface area (Å²) in [6.45, 7) is 4.94. The number of benzene rings is 1. The first kappa shape index (κ1) is 15.6. The lowest BCUT2D eigenvalue weighted by Gasteiger charge is -2.27. The van der Waals surface area contributed by atoms with Crippen LogP contribution in [-0.4, -0.2) is 40.4 Å². The van der Waals surface area contributed by atoms with Crippen molar-refractivity contribution in [1.29, 1.82) is 0 Å². The van der Waals surface area contributed by atoms with Crippen molar-refractivity contribution < 1.29 is 4.39 Å². The predicted molar refractivity (Wildman–Crippen MR) is 82.3 cm³/mol. The van der Waals surface area contributed by atoms with Gasteiger partial charge in [0, 0.05) is 5.56 Å². The van der Waals surface area contributed by atoms with Gasteiger partial charge < -0.3 is 4.90 Å². The molecule has 5 heteroatoms. The Kier molecular flexibility index (Phi) is 5.87. The van der Waals surface area contributed by atoms with Gasteiger partial charge in [-0.25, -0.2) is 4.39 Å². The van der Waals surface area contributed by atoms with Crippen molar-refractivity contribution in [3.63, 3.8) is 0 Å². The fourth-order valence-corrected chi connectivity index (χ4v) is 2.43. The number of likely N-dealkylation sites (tertiary alicyclic amines) is 1. The highest BCUT2D eigenvalue weighted by Crippen LogP contribution is 2.18. The van der Waals surface area contributed by atoms with E-state index in [0.717, 1.165) is 17.2 Å². The lowest BCUT2D eigenvalue weighted by molar-refractivity contribution is 0.216. The summed E-state index contributed by atoms with van der Waals surface area (Å²) in [6, 6.07) is 6.11. The van der Waals surface area contributed by atoms with E-state index in [4.69, 9.17) is 0 Å². The van der Waals surface area contributed by atoms with E-state index in [1.165, 1.54) is 44.5 Å². The topological polar surface area (TPSA) is 44.8 Å². The van der Waals surface area contributed by atoms with Crippen molar-refractivity contribution in [3.8, 4) is 11.3 Å². The van der Waals surface area contributed by atoms with Crippen LogP contribution in [0.15, 0.2) is 30.5 Å². The molecule has 0 amide bonds. The van der Waals surface area contributed by atoms with Gasteiger partial charge in [-0.2, -0.15) is 15.4 Å². The third-order valence-electron chi connectivity index (χ3n) is 3.97. The first-order valence-corrected chi connectivity index (χ1v) is 7.49. The number of aromatic nitrogens is 3. The molecule has 2 heterocycles. The van der Waals surface area contributed by atoms with Crippen molar-refractivity contribution >= 4 is 0 Å². The molecule has 0 radical (unpaired) electrons. The zero-order valence-electron chi connectivity index (χ0n) is 12.7. The summed E-state index contributed by atoms with van der Waals surface area (Å²) < 4.78 is 12.5. The molecule has 1 saturated heterocycles. The minimum atomic E-state index is -0.248. The van der Waals surface area contributed by atoms with E-state index < -0.39 is 0 Å². The molecule has 1 N–H and O–H groups in total. The number of hydrogen-bond donors (Lipinski definition) is 1. The Labute approximate surface area is 125 Å². The molecule has 0 aliphatic carbocycles. The second-order valence-corrected chi connectivity index (χ2v) is 5.52. The van der Waals surface area contributed by atoms with Gasteiger partial charge in [-0.15, -0.1) is 0 Å². The number of nitrogens with zero attached hydrogens (tertiary/aromatic N) is 3. The molecule has 0 saturated carbocycles. The second-order valence-electron chi connectivity index (χ2n) is 5.52. The molecular formula is C16H23FN4. The van der Waals surface area contributed by atoms with Crippen molar-refractivity contribution in [2.75, 3.05) is 20.1 Å². The van der Waals surface area contributed by atoms with Crippen LogP contribution in [0, 0.1) is 11.7 Å². The molecule has 0 spiro atoms. The normalized spacial score (nSPS) is 16.3. The average molecular weight is 290 g/mol. The van der Waals surface area contributed by atoms with Crippen LogP contribution >= 0.6 is 0 Å². The summed E-state index contributed by atoms with van der Waals surface area (Å²) in [6.07, 6.45) is 5.82. The lowest BCUT2D eigenvalue weighted by Crippen LogP contribution is -2.29. The zero-order chi connectivity index (χ0) is 15.1. The zero-order valence-corrected chi connectivity index (χ0v) is 12.7. The standard InChI is InChI=1S/C8H6FN3.C8H17N/c9-7-3-1-6(2-4-7)8-5-10-12-11-8;1-3-8-4-6-9(2)7-5-8/h1-5H,(H,10,11,12);8H,3-7H2,1-2H3. The third-order valence-corrected chi connectivity index (χ3v) is 3.97. The fraction of sp³-hybridized carbons (Fsp3) is 0.500. The van der Waals surface area contributed by atoms with Gasteiger partial charge in [0.25, 0.3) is 0 Å². The lowest BCUT2D eigenvalue weighted by atomic mass is 9.95. The van der Waals surface area contributed by atoms with Crippen LogP contribution in [0.25, 0.3) is 11.3 Å². The molecule has 0 bridgehead atoms. The number of H-pyrrole nitrogens is 1. The molecule has 3 rings (SSSR count). The Morgan fingerprint density at radius 2 is 1.90 bits per heavy atom. The van der Waals surface area contributed by atoms with E-state index in [1.54, 1.807) is 18.3 Å². The van der Waals surface area contributed by atoms with E-state index in [2.05, 4.69) is 34.3 Å². The van der Waals surface area contributed by atoms with E-state index in [-0.39, 0.29) is 5.82 Å². The minimum Gasteiger partial charge on any atom is -0.306 e. The van der Waals surface area contributed by atoms with Gasteiger partial charge in [0.05, 0.1) is 6.20 Å². The van der Waals surface area contributed by atoms with Crippen LogP contribution in [0.2, 0.25) is 0 Å². The molecule has 0 atom stereocenters. The summed E-state index contributed by atoms with van der Waals surface area (Å²) >= 11 is 0. The molecular weight excluding hydrogens is 267 g/mol. The van der Waals surface area contributed by atoms with Crippen LogP contribution in [0.3, 0.4) is 0 Å². The third kappa shape index (κ3) is 4.93. The molecule has 2 aromatic rings. The number of nitrogens with one attached hydrogen (secondary N) is 1. The van der Waals surface area contributed by atoms with Gasteiger partial charge in [0.2, 0.25) is 0 Å². The largest absolute Gasteiger partial charge is 0.306 e. The molecule has 21 heavy (non-hydrogen) atoms. The maximum Gasteiger partial charge on any atom is 0.123 e. The van der Waals surface area contributed by atoms with Crippen LogP contribution < -0.4 is 0 Å². The smallest absolute Gasteiger partial charge is 0.123 e. The van der Waals surface area contributed by atoms with E-state index in [9.17, 15) is 4.39 Å². The van der Waals surface area contributed by atoms with E-state index in [0.29, 0.717) is 0 Å². The van der Waals surface area contributed by atoms with Crippen molar-refractivity contribution in [1.82, 2.24) is 20.3 Å². The summed E-state index contributed by atoms with van der Waals surface area (Å²) in [4.78, 5) is 2.42. The monoisotopic (exact) mass is 290 g/mol. The molecule has 0 unspecified atom stereocenters. The van der Waals surface area contributed by atoms with Crippen LogP contribution in [0.5, 0.6) is 0 Å². The Bertz CT molecular complexity index is 502. The molecule has 1 aliphatic rings. The highest BCUT2D eigenvalue weighted by Gasteiger charge is 2.13. The van der Waals surface area contributed by atoms with Crippen LogP contribution in [-0.2, 0) is 0 Å². The first-order chi connectivity index (χ1) is 10.2. The maximum absolute atomic E-state index is 12.5. The van der Waals surface area contributed by atoms with Crippen LogP contribution in [0.4, 0.5) is 4.39 Å². The molecule has 1 aromatic heterocycles. The molecule has 4 nitrogen and oxygen atoms in total. The van der Waals surface area contributed by atoms with Gasteiger partial charge in [-0.1, -0.05) is 13.3 Å². The Morgan fingerprint density at radius 3 is 2.43 bits per heavy atom. The van der Waals surface area contributed by atoms with Crippen molar-refractivity contribution in [2.24, 2.45) is 5.92 Å². The molecule has 114 valence electrons. The molecule has 1 aliphatic heterocycles. The summed E-state index contributed by atoms with van der Waals surface area (Å²) in [5.74, 6) is 0.781. The quantitative estimate of drug-likeness (QED) is 0.922. The van der Waals surface area contributed by atoms with E-state index in [1.807, 2.05) is 0 Å². The summed E-state index contributed by atoms with van der Waals surface area (Å²) in [7, 11) is 2.21. The maximum atomic E-state index is 12.5. The Hall–Kier alpha value is -1.75. The number of hydrogen-bond acceptors (Lipinski definition) is 3. The van der Waals surface area contributed by atoms with Crippen molar-refractivity contribution in [3.05, 3.63) is 36.3 Å². The second kappa shape index (κ2) is 7.88. The fourth-order valence-electron chi connectivity index (χ4n) is 2.43. The number of rotatable bonds is 2. The summed E-state index contributed by atoms with van der Waals surface area (Å²) in [5.41, 5.74) is 1.57. The van der Waals surface area contributed by atoms with Crippen molar-refractivity contribution in [2.45, 2.75) is 26.2 Å². The highest BCUT2D eigenvalue weighted by atomic mass is 19.1. The summed E-state index contributed by atoms with van der Waals surface area (Å²) in [5, 5.41) is 10.00.